The maximum atomic E-state index is 12.5. The summed E-state index contributed by atoms with van der Waals surface area (Å²) in [6.07, 6.45) is 7.47. The summed E-state index contributed by atoms with van der Waals surface area (Å²) in [6, 6.07) is 1.80. The van der Waals surface area contributed by atoms with Gasteiger partial charge in [0, 0.05) is 25.0 Å². The Hall–Kier alpha value is -1.62. The van der Waals surface area contributed by atoms with E-state index in [-0.39, 0.29) is 5.91 Å². The third-order valence-corrected chi connectivity index (χ3v) is 3.57. The molecule has 0 radical (unpaired) electrons. The maximum Gasteiger partial charge on any atom is 0.257 e. The average Bonchev–Trinajstić information content (AvgIpc) is 2.37. The van der Waals surface area contributed by atoms with Gasteiger partial charge in [-0.1, -0.05) is 19.3 Å². The molecule has 0 spiro atoms. The quantitative estimate of drug-likeness (QED) is 0.632. The molecule has 0 saturated carbocycles. The zero-order chi connectivity index (χ0) is 13.7. The van der Waals surface area contributed by atoms with E-state index in [1.165, 1.54) is 19.3 Å². The van der Waals surface area contributed by atoms with Gasteiger partial charge in [-0.2, -0.15) is 0 Å². The number of rotatable bonds is 2. The second-order valence-electron chi connectivity index (χ2n) is 5.08. The molecule has 1 aliphatic rings. The Labute approximate surface area is 114 Å². The smallest absolute Gasteiger partial charge is 0.257 e. The number of anilines is 1. The number of carbonyl (C=O) groups excluding carboxylic acids is 1. The van der Waals surface area contributed by atoms with Crippen LogP contribution in [0.5, 0.6) is 0 Å². The van der Waals surface area contributed by atoms with Crippen LogP contribution in [0.25, 0.3) is 0 Å². The lowest BCUT2D eigenvalue weighted by Crippen LogP contribution is -2.34. The van der Waals surface area contributed by atoms with Crippen LogP contribution < -0.4 is 11.3 Å². The molecule has 0 atom stereocenters. The van der Waals surface area contributed by atoms with E-state index in [1.807, 2.05) is 11.8 Å². The number of aromatic nitrogens is 1. The number of likely N-dealkylation sites (tertiary alicyclic amines) is 1. The van der Waals surface area contributed by atoms with Crippen molar-refractivity contribution in [2.24, 2.45) is 5.84 Å². The van der Waals surface area contributed by atoms with Gasteiger partial charge in [-0.05, 0) is 25.8 Å². The minimum Gasteiger partial charge on any atom is -0.339 e. The van der Waals surface area contributed by atoms with Crippen LogP contribution >= 0.6 is 0 Å². The van der Waals surface area contributed by atoms with Gasteiger partial charge in [0.15, 0.2) is 0 Å². The van der Waals surface area contributed by atoms with Crippen LogP contribution in [0.2, 0.25) is 0 Å². The van der Waals surface area contributed by atoms with Gasteiger partial charge >= 0.3 is 0 Å². The average molecular weight is 262 g/mol. The van der Waals surface area contributed by atoms with Gasteiger partial charge in [0.1, 0.15) is 0 Å². The largest absolute Gasteiger partial charge is 0.339 e. The standard InChI is InChI=1S/C14H22N4O/c1-11-9-13(17-15)12(10-16-11)14(19)18-7-5-3-2-4-6-8-18/h9-10H,2-8,15H2,1H3,(H,16,17). The second kappa shape index (κ2) is 6.52. The number of nitrogens with two attached hydrogens (primary N) is 1. The third-order valence-electron chi connectivity index (χ3n) is 3.57. The van der Waals surface area contributed by atoms with Crippen LogP contribution in [0, 0.1) is 6.92 Å². The molecular weight excluding hydrogens is 240 g/mol. The number of hydrogen-bond acceptors (Lipinski definition) is 4. The summed E-state index contributed by atoms with van der Waals surface area (Å²) in [5.74, 6) is 5.52. The molecule has 1 aromatic heterocycles. The highest BCUT2D eigenvalue weighted by atomic mass is 16.2. The van der Waals surface area contributed by atoms with Crippen LogP contribution in [0.1, 0.15) is 48.2 Å². The molecule has 5 nitrogen and oxygen atoms in total. The van der Waals surface area contributed by atoms with E-state index in [2.05, 4.69) is 10.4 Å². The molecule has 2 heterocycles. The molecule has 1 amide bonds. The van der Waals surface area contributed by atoms with Crippen molar-refractivity contribution in [2.45, 2.75) is 39.0 Å². The summed E-state index contributed by atoms with van der Waals surface area (Å²) in [5.41, 5.74) is 4.66. The summed E-state index contributed by atoms with van der Waals surface area (Å²) in [7, 11) is 0. The number of nitrogen functional groups attached to an aromatic ring is 1. The molecule has 1 saturated heterocycles. The molecule has 3 N–H and O–H groups in total. The molecule has 2 rings (SSSR count). The summed E-state index contributed by atoms with van der Waals surface area (Å²) in [5, 5.41) is 0. The minimum absolute atomic E-state index is 0.0300. The highest BCUT2D eigenvalue weighted by Gasteiger charge is 2.19. The lowest BCUT2D eigenvalue weighted by atomic mass is 10.1. The normalized spacial score (nSPS) is 16.6. The molecule has 19 heavy (non-hydrogen) atoms. The number of nitrogens with zero attached hydrogens (tertiary/aromatic N) is 2. The van der Waals surface area contributed by atoms with E-state index in [0.717, 1.165) is 31.6 Å². The Balaban J connectivity index is 2.17. The number of aryl methyl sites for hydroxylation is 1. The molecular formula is C14H22N4O. The SMILES string of the molecule is Cc1cc(NN)c(C(=O)N2CCCCCCC2)cn1. The number of hydrazine groups is 1. The van der Waals surface area contributed by atoms with Crippen molar-refractivity contribution in [3.63, 3.8) is 0 Å². The van der Waals surface area contributed by atoms with Crippen LogP contribution in [0.15, 0.2) is 12.3 Å². The molecule has 0 aliphatic carbocycles. The van der Waals surface area contributed by atoms with Crippen molar-refractivity contribution < 1.29 is 4.79 Å². The van der Waals surface area contributed by atoms with Crippen LogP contribution in [0.4, 0.5) is 5.69 Å². The molecule has 0 aromatic carbocycles. The van der Waals surface area contributed by atoms with Gasteiger partial charge < -0.3 is 10.3 Å². The van der Waals surface area contributed by atoms with Crippen molar-refractivity contribution in [2.75, 3.05) is 18.5 Å². The minimum atomic E-state index is 0.0300. The van der Waals surface area contributed by atoms with Crippen molar-refractivity contribution in [3.8, 4) is 0 Å². The Bertz CT molecular complexity index is 439. The number of pyridine rings is 1. The fraction of sp³-hybridized carbons (Fsp3) is 0.571. The number of hydrogen-bond donors (Lipinski definition) is 2. The van der Waals surface area contributed by atoms with Gasteiger partial charge in [-0.3, -0.25) is 15.6 Å². The van der Waals surface area contributed by atoms with Crippen LogP contribution in [-0.2, 0) is 0 Å². The number of amides is 1. The zero-order valence-electron chi connectivity index (χ0n) is 11.5. The van der Waals surface area contributed by atoms with Gasteiger partial charge in [-0.25, -0.2) is 0 Å². The predicted molar refractivity (Wildman–Crippen MR) is 75.8 cm³/mol. The van der Waals surface area contributed by atoms with E-state index in [9.17, 15) is 4.79 Å². The zero-order valence-corrected chi connectivity index (χ0v) is 11.5. The molecule has 1 fully saturated rings. The third kappa shape index (κ3) is 3.44. The highest BCUT2D eigenvalue weighted by molar-refractivity contribution is 5.99. The molecule has 0 bridgehead atoms. The van der Waals surface area contributed by atoms with Crippen LogP contribution in [-0.4, -0.2) is 28.9 Å². The predicted octanol–water partition coefficient (Wildman–Crippen LogP) is 2.08. The van der Waals surface area contributed by atoms with Crippen molar-refractivity contribution >= 4 is 11.6 Å². The summed E-state index contributed by atoms with van der Waals surface area (Å²) in [4.78, 5) is 18.7. The van der Waals surface area contributed by atoms with Crippen LogP contribution in [0.3, 0.4) is 0 Å². The van der Waals surface area contributed by atoms with E-state index in [0.29, 0.717) is 11.3 Å². The van der Waals surface area contributed by atoms with Gasteiger partial charge in [0.2, 0.25) is 0 Å². The van der Waals surface area contributed by atoms with E-state index in [1.54, 1.807) is 12.3 Å². The van der Waals surface area contributed by atoms with E-state index >= 15 is 0 Å². The van der Waals surface area contributed by atoms with E-state index in [4.69, 9.17) is 5.84 Å². The summed E-state index contributed by atoms with van der Waals surface area (Å²) in [6.45, 7) is 3.54. The number of nitrogens with one attached hydrogen (secondary N) is 1. The fourth-order valence-corrected chi connectivity index (χ4v) is 2.47. The molecule has 104 valence electrons. The summed E-state index contributed by atoms with van der Waals surface area (Å²) >= 11 is 0. The topological polar surface area (TPSA) is 71.2 Å². The van der Waals surface area contributed by atoms with Crippen molar-refractivity contribution in [3.05, 3.63) is 23.5 Å². The summed E-state index contributed by atoms with van der Waals surface area (Å²) < 4.78 is 0. The number of carbonyl (C=O) groups is 1. The van der Waals surface area contributed by atoms with E-state index < -0.39 is 0 Å². The maximum absolute atomic E-state index is 12.5. The molecule has 5 heteroatoms. The Morgan fingerprint density at radius 1 is 1.26 bits per heavy atom. The monoisotopic (exact) mass is 262 g/mol. The van der Waals surface area contributed by atoms with Gasteiger partial charge in [0.25, 0.3) is 5.91 Å². The first-order valence-corrected chi connectivity index (χ1v) is 6.95. The molecule has 1 aromatic rings. The highest BCUT2D eigenvalue weighted by Crippen LogP contribution is 2.19. The lowest BCUT2D eigenvalue weighted by molar-refractivity contribution is 0.0743. The van der Waals surface area contributed by atoms with Gasteiger partial charge in [-0.15, -0.1) is 0 Å². The second-order valence-corrected chi connectivity index (χ2v) is 5.08. The fourth-order valence-electron chi connectivity index (χ4n) is 2.47. The molecule has 0 unspecified atom stereocenters. The van der Waals surface area contributed by atoms with Gasteiger partial charge in [0.05, 0.1) is 11.3 Å². The Kier molecular flexibility index (Phi) is 4.74. The Morgan fingerprint density at radius 3 is 2.53 bits per heavy atom. The lowest BCUT2D eigenvalue weighted by Gasteiger charge is -2.25. The first-order valence-electron chi connectivity index (χ1n) is 6.95. The Morgan fingerprint density at radius 2 is 1.89 bits per heavy atom. The first kappa shape index (κ1) is 13.8. The van der Waals surface area contributed by atoms with Crippen molar-refractivity contribution in [1.82, 2.24) is 9.88 Å². The first-order chi connectivity index (χ1) is 9.22. The van der Waals surface area contributed by atoms with Crippen molar-refractivity contribution in [1.29, 1.82) is 0 Å². The molecule has 1 aliphatic heterocycles.